The zero-order valence-electron chi connectivity index (χ0n) is 13.2. The van der Waals surface area contributed by atoms with E-state index in [1.807, 2.05) is 19.1 Å². The monoisotopic (exact) mass is 348 g/mol. The molecular weight excluding hydrogens is 328 g/mol. The molecule has 0 unspecified atom stereocenters. The third kappa shape index (κ3) is 3.40. The van der Waals surface area contributed by atoms with Gasteiger partial charge in [0.15, 0.2) is 5.82 Å². The Morgan fingerprint density at radius 1 is 1.24 bits per heavy atom. The van der Waals surface area contributed by atoms with Crippen molar-refractivity contribution < 1.29 is 0 Å². The molecule has 2 rings (SSSR count). The summed E-state index contributed by atoms with van der Waals surface area (Å²) in [5, 5.41) is 3.29. The van der Waals surface area contributed by atoms with Gasteiger partial charge in [-0.25, -0.2) is 9.97 Å². The molecule has 0 aliphatic rings. The second kappa shape index (κ2) is 6.10. The van der Waals surface area contributed by atoms with E-state index in [0.717, 1.165) is 33.8 Å². The van der Waals surface area contributed by atoms with E-state index in [1.54, 1.807) is 6.20 Å². The largest absolute Gasteiger partial charge is 0.369 e. The summed E-state index contributed by atoms with van der Waals surface area (Å²) >= 11 is 3.64. The van der Waals surface area contributed by atoms with Gasteiger partial charge in [0.05, 0.1) is 10.2 Å². The molecule has 0 aliphatic carbocycles. The molecule has 112 valence electrons. The highest BCUT2D eigenvalue weighted by Crippen LogP contribution is 2.34. The zero-order chi connectivity index (χ0) is 15.6. The van der Waals surface area contributed by atoms with Gasteiger partial charge >= 0.3 is 0 Å². The lowest BCUT2D eigenvalue weighted by Crippen LogP contribution is -2.18. The smallest absolute Gasteiger partial charge is 0.180 e. The Morgan fingerprint density at radius 3 is 2.52 bits per heavy atom. The lowest BCUT2D eigenvalue weighted by molar-refractivity contribution is 0.564. The quantitative estimate of drug-likeness (QED) is 0.896. The number of nitrogens with one attached hydrogen (secondary N) is 1. The molecule has 0 aromatic carbocycles. The van der Waals surface area contributed by atoms with E-state index in [9.17, 15) is 0 Å². The molecule has 2 aromatic rings. The first-order valence-corrected chi connectivity index (χ1v) is 7.87. The first kappa shape index (κ1) is 15.9. The van der Waals surface area contributed by atoms with Crippen LogP contribution in [-0.4, -0.2) is 21.5 Å². The van der Waals surface area contributed by atoms with Crippen molar-refractivity contribution in [2.45, 2.75) is 40.0 Å². The van der Waals surface area contributed by atoms with Crippen LogP contribution in [0.2, 0.25) is 0 Å². The van der Waals surface area contributed by atoms with Gasteiger partial charge in [-0.3, -0.25) is 4.98 Å². The van der Waals surface area contributed by atoms with Gasteiger partial charge in [-0.2, -0.15) is 0 Å². The van der Waals surface area contributed by atoms with Crippen molar-refractivity contribution in [1.29, 1.82) is 0 Å². The molecule has 2 heterocycles. The number of aryl methyl sites for hydroxylation is 1. The highest BCUT2D eigenvalue weighted by atomic mass is 79.9. The summed E-state index contributed by atoms with van der Waals surface area (Å²) in [5.74, 6) is 1.48. The summed E-state index contributed by atoms with van der Waals surface area (Å²) < 4.78 is 0.925. The Kier molecular flexibility index (Phi) is 4.61. The number of rotatable bonds is 3. The highest BCUT2D eigenvalue weighted by molar-refractivity contribution is 9.10. The van der Waals surface area contributed by atoms with Crippen molar-refractivity contribution >= 4 is 21.7 Å². The molecule has 0 saturated heterocycles. The predicted molar refractivity (Wildman–Crippen MR) is 90.6 cm³/mol. The third-order valence-corrected chi connectivity index (χ3v) is 3.88. The molecule has 4 nitrogen and oxygen atoms in total. The van der Waals surface area contributed by atoms with Crippen LogP contribution in [0.4, 0.5) is 5.82 Å². The van der Waals surface area contributed by atoms with Crippen molar-refractivity contribution in [3.63, 3.8) is 0 Å². The molecule has 0 bridgehead atoms. The van der Waals surface area contributed by atoms with Crippen molar-refractivity contribution in [2.75, 3.05) is 11.9 Å². The van der Waals surface area contributed by atoms with E-state index in [2.05, 4.69) is 58.9 Å². The number of hydrogen-bond donors (Lipinski definition) is 1. The van der Waals surface area contributed by atoms with E-state index in [4.69, 9.17) is 4.98 Å². The van der Waals surface area contributed by atoms with Gasteiger partial charge in [0, 0.05) is 18.2 Å². The Morgan fingerprint density at radius 2 is 1.95 bits per heavy atom. The molecule has 0 saturated carbocycles. The number of nitrogens with zero attached hydrogens (tertiary/aromatic N) is 3. The molecule has 0 atom stereocenters. The van der Waals surface area contributed by atoms with Crippen LogP contribution in [0, 0.1) is 6.92 Å². The lowest BCUT2D eigenvalue weighted by atomic mass is 9.91. The van der Waals surface area contributed by atoms with Crippen LogP contribution in [0.1, 0.15) is 39.0 Å². The summed E-state index contributed by atoms with van der Waals surface area (Å²) in [6.45, 7) is 11.3. The Labute approximate surface area is 134 Å². The van der Waals surface area contributed by atoms with E-state index < -0.39 is 0 Å². The lowest BCUT2D eigenvalue weighted by Gasteiger charge is -2.22. The fraction of sp³-hybridized carbons (Fsp3) is 0.438. The van der Waals surface area contributed by atoms with Crippen molar-refractivity contribution in [1.82, 2.24) is 15.0 Å². The van der Waals surface area contributed by atoms with Crippen LogP contribution in [0.5, 0.6) is 0 Å². The topological polar surface area (TPSA) is 50.7 Å². The SMILES string of the molecule is CCNc1nc(-c2ncccc2C)nc(C(C)(C)C)c1Br. The van der Waals surface area contributed by atoms with Crippen molar-refractivity contribution in [3.8, 4) is 11.5 Å². The molecule has 0 amide bonds. The van der Waals surface area contributed by atoms with Crippen LogP contribution in [0.3, 0.4) is 0 Å². The van der Waals surface area contributed by atoms with E-state index in [1.165, 1.54) is 0 Å². The summed E-state index contributed by atoms with van der Waals surface area (Å²) in [4.78, 5) is 13.8. The summed E-state index contributed by atoms with van der Waals surface area (Å²) in [6.07, 6.45) is 1.78. The minimum atomic E-state index is -0.0800. The summed E-state index contributed by atoms with van der Waals surface area (Å²) in [6, 6.07) is 3.95. The van der Waals surface area contributed by atoms with Crippen LogP contribution in [-0.2, 0) is 5.41 Å². The number of anilines is 1. The molecule has 2 aromatic heterocycles. The fourth-order valence-corrected chi connectivity index (χ4v) is 2.97. The van der Waals surface area contributed by atoms with Crippen molar-refractivity contribution in [3.05, 3.63) is 34.1 Å². The van der Waals surface area contributed by atoms with Crippen LogP contribution in [0.25, 0.3) is 11.5 Å². The number of aromatic nitrogens is 3. The first-order valence-electron chi connectivity index (χ1n) is 7.08. The molecular formula is C16H21BrN4. The standard InChI is InChI=1S/C16H21BrN4/c1-6-18-14-11(17)13(16(3,4)5)20-15(21-14)12-10(2)8-7-9-19-12/h7-9H,6H2,1-5H3,(H,18,20,21). The van der Waals surface area contributed by atoms with Gasteiger partial charge in [-0.1, -0.05) is 26.8 Å². The average Bonchev–Trinajstić information content (AvgIpc) is 2.41. The van der Waals surface area contributed by atoms with E-state index in [-0.39, 0.29) is 5.41 Å². The number of pyridine rings is 1. The van der Waals surface area contributed by atoms with Crippen LogP contribution in [0.15, 0.2) is 22.8 Å². The maximum atomic E-state index is 4.76. The van der Waals surface area contributed by atoms with Gasteiger partial charge in [-0.15, -0.1) is 0 Å². The molecule has 5 heteroatoms. The normalized spacial score (nSPS) is 11.5. The first-order chi connectivity index (χ1) is 9.84. The maximum Gasteiger partial charge on any atom is 0.180 e. The zero-order valence-corrected chi connectivity index (χ0v) is 14.7. The van der Waals surface area contributed by atoms with Gasteiger partial charge in [0.2, 0.25) is 0 Å². The van der Waals surface area contributed by atoms with Crippen LogP contribution >= 0.6 is 15.9 Å². The minimum Gasteiger partial charge on any atom is -0.369 e. The summed E-state index contributed by atoms with van der Waals surface area (Å²) in [5.41, 5.74) is 2.80. The van der Waals surface area contributed by atoms with Crippen molar-refractivity contribution in [2.24, 2.45) is 0 Å². The number of hydrogen-bond acceptors (Lipinski definition) is 4. The highest BCUT2D eigenvalue weighted by Gasteiger charge is 2.24. The second-order valence-corrected chi connectivity index (χ2v) is 6.80. The molecule has 0 fully saturated rings. The fourth-order valence-electron chi connectivity index (χ4n) is 2.05. The minimum absolute atomic E-state index is 0.0800. The number of halogens is 1. The third-order valence-electron chi connectivity index (χ3n) is 3.13. The average molecular weight is 349 g/mol. The molecule has 0 aliphatic heterocycles. The summed E-state index contributed by atoms with van der Waals surface area (Å²) in [7, 11) is 0. The predicted octanol–water partition coefficient (Wildman–Crippen LogP) is 4.34. The van der Waals surface area contributed by atoms with E-state index >= 15 is 0 Å². The Bertz CT molecular complexity index is 647. The van der Waals surface area contributed by atoms with Gasteiger partial charge < -0.3 is 5.32 Å². The molecule has 0 radical (unpaired) electrons. The second-order valence-electron chi connectivity index (χ2n) is 6.01. The van der Waals surface area contributed by atoms with E-state index in [0.29, 0.717) is 5.82 Å². The van der Waals surface area contributed by atoms with Gasteiger partial charge in [0.1, 0.15) is 11.5 Å². The molecule has 1 N–H and O–H groups in total. The van der Waals surface area contributed by atoms with Crippen LogP contribution < -0.4 is 5.32 Å². The van der Waals surface area contributed by atoms with Gasteiger partial charge in [-0.05, 0) is 41.4 Å². The van der Waals surface area contributed by atoms with Gasteiger partial charge in [0.25, 0.3) is 0 Å². The Balaban J connectivity index is 2.68. The molecule has 0 spiro atoms. The molecule has 21 heavy (non-hydrogen) atoms. The Hall–Kier alpha value is -1.49. The maximum absolute atomic E-state index is 4.76.